The van der Waals surface area contributed by atoms with Crippen molar-refractivity contribution in [1.29, 1.82) is 0 Å². The molecule has 6 atom stereocenters. The van der Waals surface area contributed by atoms with Crippen molar-refractivity contribution in [3.63, 3.8) is 0 Å². The molecule has 0 amide bonds. The molecule has 0 aromatic rings. The van der Waals surface area contributed by atoms with E-state index in [1.807, 2.05) is 0 Å². The Morgan fingerprint density at radius 2 is 1.45 bits per heavy atom. The van der Waals surface area contributed by atoms with Gasteiger partial charge in [0.05, 0.1) is 0 Å². The molecule has 1 heterocycles. The first-order valence-corrected chi connectivity index (χ1v) is 9.32. The average Bonchev–Trinajstić information content (AvgIpc) is 2.44. The second-order valence-electron chi connectivity index (χ2n) is 8.17. The fourth-order valence-corrected chi connectivity index (χ4v) is 4.50. The maximum atomic E-state index is 3.72. The van der Waals surface area contributed by atoms with Crippen molar-refractivity contribution < 1.29 is 0 Å². The van der Waals surface area contributed by atoms with Crippen LogP contribution < -0.4 is 5.32 Å². The van der Waals surface area contributed by atoms with Gasteiger partial charge in [-0.25, -0.2) is 0 Å². The number of nitrogens with one attached hydrogen (secondary N) is 1. The van der Waals surface area contributed by atoms with Crippen LogP contribution in [0, 0.1) is 23.7 Å². The molecule has 6 unspecified atom stereocenters. The molecule has 118 valence electrons. The van der Waals surface area contributed by atoms with Crippen LogP contribution in [0.25, 0.3) is 0 Å². The third-order valence-corrected chi connectivity index (χ3v) is 6.24. The number of rotatable bonds is 0. The van der Waals surface area contributed by atoms with Gasteiger partial charge in [0.25, 0.3) is 0 Å². The maximum Gasteiger partial charge on any atom is 0.00978 e. The van der Waals surface area contributed by atoms with Gasteiger partial charge in [-0.05, 0) is 62.7 Å². The fraction of sp³-hybridized carbons (Fsp3) is 1.00. The van der Waals surface area contributed by atoms with Gasteiger partial charge in [-0.15, -0.1) is 0 Å². The normalized spacial score (nSPS) is 45.0. The quantitative estimate of drug-likeness (QED) is 0.626. The Kier molecular flexibility index (Phi) is 6.39. The smallest absolute Gasteiger partial charge is 0.00978 e. The maximum absolute atomic E-state index is 3.72. The van der Waals surface area contributed by atoms with E-state index in [1.54, 1.807) is 0 Å². The van der Waals surface area contributed by atoms with Gasteiger partial charge in [0.2, 0.25) is 0 Å². The molecule has 0 aromatic carbocycles. The van der Waals surface area contributed by atoms with E-state index in [2.05, 4.69) is 33.0 Å². The molecule has 1 nitrogen and oxygen atoms in total. The average molecular weight is 280 g/mol. The molecule has 3 aliphatic rings. The Morgan fingerprint density at radius 3 is 2.15 bits per heavy atom. The summed E-state index contributed by atoms with van der Waals surface area (Å²) in [5.41, 5.74) is 0. The summed E-state index contributed by atoms with van der Waals surface area (Å²) in [6, 6.07) is 1.67. The molecule has 20 heavy (non-hydrogen) atoms. The van der Waals surface area contributed by atoms with Crippen LogP contribution in [0.2, 0.25) is 0 Å². The van der Waals surface area contributed by atoms with Gasteiger partial charge in [0.15, 0.2) is 0 Å². The topological polar surface area (TPSA) is 12.0 Å². The molecule has 2 aliphatic carbocycles. The number of piperidine rings is 1. The van der Waals surface area contributed by atoms with Crippen molar-refractivity contribution in [3.05, 3.63) is 0 Å². The fourth-order valence-electron chi connectivity index (χ4n) is 4.50. The highest BCUT2D eigenvalue weighted by atomic mass is 15.0. The lowest BCUT2D eigenvalue weighted by atomic mass is 9.77. The first kappa shape index (κ1) is 16.3. The van der Waals surface area contributed by atoms with E-state index in [0.29, 0.717) is 0 Å². The van der Waals surface area contributed by atoms with E-state index < -0.39 is 0 Å². The summed E-state index contributed by atoms with van der Waals surface area (Å²) < 4.78 is 0. The lowest BCUT2D eigenvalue weighted by Gasteiger charge is -2.39. The number of hydrogen-bond acceptors (Lipinski definition) is 1. The van der Waals surface area contributed by atoms with E-state index >= 15 is 0 Å². The van der Waals surface area contributed by atoms with Crippen LogP contribution in [0.4, 0.5) is 0 Å². The van der Waals surface area contributed by atoms with Gasteiger partial charge in [-0.2, -0.15) is 0 Å². The summed E-state index contributed by atoms with van der Waals surface area (Å²) in [7, 11) is 0. The van der Waals surface area contributed by atoms with Crippen LogP contribution in [0.5, 0.6) is 0 Å². The van der Waals surface area contributed by atoms with Crippen LogP contribution >= 0.6 is 0 Å². The summed E-state index contributed by atoms with van der Waals surface area (Å²) in [6.07, 6.45) is 13.1. The molecule has 2 saturated carbocycles. The van der Waals surface area contributed by atoms with Gasteiger partial charge in [-0.3, -0.25) is 0 Å². The summed E-state index contributed by atoms with van der Waals surface area (Å²) in [5.74, 6) is 3.99. The third-order valence-electron chi connectivity index (χ3n) is 6.24. The molecule has 1 heteroatoms. The van der Waals surface area contributed by atoms with Crippen molar-refractivity contribution in [1.82, 2.24) is 5.32 Å². The zero-order valence-electron chi connectivity index (χ0n) is 14.3. The van der Waals surface area contributed by atoms with Crippen molar-refractivity contribution >= 4 is 0 Å². The van der Waals surface area contributed by atoms with Gasteiger partial charge in [0, 0.05) is 12.1 Å². The lowest BCUT2D eigenvalue weighted by Crippen LogP contribution is -2.47. The zero-order valence-corrected chi connectivity index (χ0v) is 14.3. The van der Waals surface area contributed by atoms with Crippen molar-refractivity contribution in [2.24, 2.45) is 23.7 Å². The molecule has 0 bridgehead atoms. The van der Waals surface area contributed by atoms with Crippen LogP contribution in [0.15, 0.2) is 0 Å². The van der Waals surface area contributed by atoms with E-state index in [-0.39, 0.29) is 0 Å². The highest BCUT2D eigenvalue weighted by Crippen LogP contribution is 2.33. The predicted octanol–water partition coefficient (Wildman–Crippen LogP) is 5.40. The molecular formula is C19H37N. The van der Waals surface area contributed by atoms with E-state index in [0.717, 1.165) is 35.8 Å². The number of fused-ring (bicyclic) bond motifs is 1. The van der Waals surface area contributed by atoms with Crippen LogP contribution in [-0.4, -0.2) is 12.1 Å². The van der Waals surface area contributed by atoms with Crippen LogP contribution in [0.1, 0.15) is 85.5 Å². The van der Waals surface area contributed by atoms with Crippen LogP contribution in [-0.2, 0) is 0 Å². The lowest BCUT2D eigenvalue weighted by molar-refractivity contribution is 0.182. The van der Waals surface area contributed by atoms with Crippen molar-refractivity contribution in [2.75, 3.05) is 0 Å². The van der Waals surface area contributed by atoms with Gasteiger partial charge in [-0.1, -0.05) is 46.5 Å². The molecule has 3 rings (SSSR count). The Balaban J connectivity index is 0.000000151. The number of hydrogen-bond donors (Lipinski definition) is 1. The molecule has 1 saturated heterocycles. The van der Waals surface area contributed by atoms with E-state index in [1.165, 1.54) is 57.8 Å². The monoisotopic (exact) mass is 279 g/mol. The van der Waals surface area contributed by atoms with Crippen molar-refractivity contribution in [3.8, 4) is 0 Å². The first-order valence-electron chi connectivity index (χ1n) is 9.32. The molecular weight excluding hydrogens is 242 g/mol. The Hall–Kier alpha value is -0.0400. The van der Waals surface area contributed by atoms with Crippen LogP contribution in [0.3, 0.4) is 0 Å². The molecule has 3 fully saturated rings. The predicted molar refractivity (Wildman–Crippen MR) is 88.9 cm³/mol. The second kappa shape index (κ2) is 7.82. The molecule has 0 radical (unpaired) electrons. The summed E-state index contributed by atoms with van der Waals surface area (Å²) >= 11 is 0. The van der Waals surface area contributed by atoms with Gasteiger partial charge < -0.3 is 5.32 Å². The minimum atomic E-state index is 0.786. The summed E-state index contributed by atoms with van der Waals surface area (Å²) in [5, 5.41) is 3.72. The Labute approximate surface area is 127 Å². The minimum absolute atomic E-state index is 0.786. The largest absolute Gasteiger partial charge is 0.311 e. The van der Waals surface area contributed by atoms with Crippen molar-refractivity contribution in [2.45, 2.75) is 97.6 Å². The minimum Gasteiger partial charge on any atom is -0.311 e. The standard InChI is InChI=1S/C10H19N.C9H18/c1-8-6-7-9-4-2-3-5-10(9)11-8;1-7-4-5-8(2)9(3)6-7/h8-11H,2-7H2,1H3;7-9H,4-6H2,1-3H3. The SMILES string of the molecule is CC1CCC(C)C(C)C1.CC1CCC2CCCCC2N1. The Morgan fingerprint density at radius 1 is 0.700 bits per heavy atom. The zero-order chi connectivity index (χ0) is 14.5. The Bertz CT molecular complexity index is 275. The molecule has 0 aromatic heterocycles. The molecule has 1 N–H and O–H groups in total. The van der Waals surface area contributed by atoms with E-state index in [4.69, 9.17) is 0 Å². The first-order chi connectivity index (χ1) is 9.56. The molecule has 0 spiro atoms. The van der Waals surface area contributed by atoms with Gasteiger partial charge in [0.1, 0.15) is 0 Å². The highest BCUT2D eigenvalue weighted by Gasteiger charge is 2.29. The summed E-state index contributed by atoms with van der Waals surface area (Å²) in [4.78, 5) is 0. The second-order valence-corrected chi connectivity index (χ2v) is 8.17. The van der Waals surface area contributed by atoms with E-state index in [9.17, 15) is 0 Å². The molecule has 1 aliphatic heterocycles. The summed E-state index contributed by atoms with van der Waals surface area (Å²) in [6.45, 7) is 9.48. The highest BCUT2D eigenvalue weighted by molar-refractivity contribution is 4.87. The third kappa shape index (κ3) is 4.76. The van der Waals surface area contributed by atoms with Gasteiger partial charge >= 0.3 is 0 Å².